The third-order valence-corrected chi connectivity index (χ3v) is 10.0. The molecule has 7 rings (SSSR count). The Labute approximate surface area is 299 Å². The predicted octanol–water partition coefficient (Wildman–Crippen LogP) is 5.00. The number of ether oxygens (including phenoxy) is 1. The fourth-order valence-corrected chi connectivity index (χ4v) is 7.49. The van der Waals surface area contributed by atoms with Gasteiger partial charge in [0.1, 0.15) is 11.9 Å². The topological polar surface area (TPSA) is 109 Å². The minimum absolute atomic E-state index is 0.182. The van der Waals surface area contributed by atoms with Gasteiger partial charge in [-0.25, -0.2) is 4.68 Å². The number of carbonyl (C=O) groups excluding carboxylic acids is 3. The first-order valence-corrected chi connectivity index (χ1v) is 17.2. The highest BCUT2D eigenvalue weighted by Crippen LogP contribution is 2.44. The molecule has 3 aliphatic rings. The number of fused-ring (bicyclic) bond motifs is 1. The number of aromatic nitrogens is 2. The summed E-state index contributed by atoms with van der Waals surface area (Å²) in [6.45, 7) is 11.8. The van der Waals surface area contributed by atoms with Crippen molar-refractivity contribution in [2.75, 3.05) is 44.3 Å². The first-order valence-electron chi connectivity index (χ1n) is 17.2. The highest BCUT2D eigenvalue weighted by molar-refractivity contribution is 6.05. The molecule has 3 aromatic carbocycles. The van der Waals surface area contributed by atoms with Gasteiger partial charge in [0.25, 0.3) is 11.8 Å². The SMILES string of the molecule is C=C(CN1CC2(COC2)C1)C(=O)NCc1cccc([C@H]2c3c(C)nn(-c4ccccc4)c3N(CC)C(=O)[C@H]2NC(=O)c2cccc(C(F)(F)F)c2)c1. The van der Waals surface area contributed by atoms with Crippen LogP contribution in [0.2, 0.25) is 0 Å². The lowest BCUT2D eigenvalue weighted by Gasteiger charge is -2.55. The Hall–Kier alpha value is -5.27. The van der Waals surface area contributed by atoms with E-state index >= 15 is 0 Å². The van der Waals surface area contributed by atoms with E-state index in [0.717, 1.165) is 55.8 Å². The molecule has 270 valence electrons. The van der Waals surface area contributed by atoms with Crippen molar-refractivity contribution in [1.82, 2.24) is 25.3 Å². The summed E-state index contributed by atoms with van der Waals surface area (Å²) in [5.41, 5.74) is 2.94. The molecule has 1 spiro atoms. The number of alkyl halides is 3. The van der Waals surface area contributed by atoms with Crippen LogP contribution in [-0.2, 0) is 27.0 Å². The first kappa shape index (κ1) is 35.1. The van der Waals surface area contributed by atoms with Gasteiger partial charge in [0.2, 0.25) is 5.91 Å². The van der Waals surface area contributed by atoms with Crippen LogP contribution in [0.5, 0.6) is 0 Å². The maximum atomic E-state index is 14.5. The number of anilines is 1. The van der Waals surface area contributed by atoms with Crippen LogP contribution in [0, 0.1) is 12.3 Å². The van der Waals surface area contributed by atoms with Crippen LogP contribution in [-0.4, -0.2) is 77.8 Å². The fraction of sp³-hybridized carbons (Fsp3) is 0.333. The molecule has 3 amide bonds. The second-order valence-electron chi connectivity index (χ2n) is 13.8. The third-order valence-electron chi connectivity index (χ3n) is 10.0. The Morgan fingerprint density at radius 2 is 1.75 bits per heavy atom. The average molecular weight is 713 g/mol. The van der Waals surface area contributed by atoms with E-state index in [-0.39, 0.29) is 30.0 Å². The van der Waals surface area contributed by atoms with Crippen LogP contribution >= 0.6 is 0 Å². The second-order valence-corrected chi connectivity index (χ2v) is 13.8. The van der Waals surface area contributed by atoms with Crippen LogP contribution in [0.25, 0.3) is 5.69 Å². The van der Waals surface area contributed by atoms with Gasteiger partial charge in [0.05, 0.1) is 30.2 Å². The highest BCUT2D eigenvalue weighted by Gasteiger charge is 2.49. The van der Waals surface area contributed by atoms with E-state index in [9.17, 15) is 27.6 Å². The lowest BCUT2D eigenvalue weighted by Crippen LogP contribution is -2.66. The molecule has 0 aliphatic carbocycles. The molecule has 3 aliphatic heterocycles. The molecule has 2 fully saturated rings. The lowest BCUT2D eigenvalue weighted by atomic mass is 9.78. The van der Waals surface area contributed by atoms with Gasteiger partial charge in [0, 0.05) is 60.8 Å². The number of hydrogen-bond donors (Lipinski definition) is 2. The average Bonchev–Trinajstić information content (AvgIpc) is 3.44. The Kier molecular flexibility index (Phi) is 9.26. The van der Waals surface area contributed by atoms with Crippen molar-refractivity contribution in [3.05, 3.63) is 125 Å². The monoisotopic (exact) mass is 712 g/mol. The normalized spacial score (nSPS) is 19.4. The van der Waals surface area contributed by atoms with Crippen molar-refractivity contribution in [2.45, 2.75) is 38.5 Å². The Morgan fingerprint density at radius 1 is 1.02 bits per heavy atom. The highest BCUT2D eigenvalue weighted by atomic mass is 19.4. The molecule has 1 aromatic heterocycles. The van der Waals surface area contributed by atoms with Crippen LogP contribution in [0.4, 0.5) is 19.0 Å². The van der Waals surface area contributed by atoms with E-state index in [1.807, 2.05) is 68.4 Å². The van der Waals surface area contributed by atoms with E-state index < -0.39 is 35.5 Å². The summed E-state index contributed by atoms with van der Waals surface area (Å²) in [6.07, 6.45) is -4.65. The standard InChI is InChI=1S/C39H39F3N6O4/c1-4-47-36-31(25(3)45-48(36)30-14-6-5-7-15-30)32(33(37(47)51)44-35(50)28-12-9-13-29(17-28)39(40,41)42)27-11-8-10-26(16-27)18-43-34(49)24(2)19-46-20-38(21-46)22-52-23-38/h5-17,32-33H,2,4,18-23H2,1,3H3,(H,43,49)(H,44,50)/t32-,33-/m0/s1. The largest absolute Gasteiger partial charge is 0.416 e. The molecular formula is C39H39F3N6O4. The number of hydrogen-bond acceptors (Lipinski definition) is 6. The Balaban J connectivity index is 1.20. The lowest BCUT2D eigenvalue weighted by molar-refractivity contribution is -0.186. The number of likely N-dealkylation sites (tertiary alicyclic amines) is 1. The Bertz CT molecular complexity index is 2030. The van der Waals surface area contributed by atoms with Gasteiger partial charge in [0.15, 0.2) is 0 Å². The third kappa shape index (κ3) is 6.61. The number of halogens is 3. The smallest absolute Gasteiger partial charge is 0.380 e. The van der Waals surface area contributed by atoms with Gasteiger partial charge in [-0.1, -0.05) is 55.1 Å². The van der Waals surface area contributed by atoms with E-state index in [1.54, 1.807) is 9.58 Å². The summed E-state index contributed by atoms with van der Waals surface area (Å²) in [4.78, 5) is 44.9. The van der Waals surface area contributed by atoms with Gasteiger partial charge in [-0.2, -0.15) is 18.3 Å². The van der Waals surface area contributed by atoms with E-state index in [4.69, 9.17) is 9.84 Å². The first-order chi connectivity index (χ1) is 24.9. The second kappa shape index (κ2) is 13.7. The molecular weight excluding hydrogens is 673 g/mol. The van der Waals surface area contributed by atoms with Gasteiger partial charge in [-0.3, -0.25) is 24.2 Å². The van der Waals surface area contributed by atoms with Crippen molar-refractivity contribution >= 4 is 23.5 Å². The molecule has 2 saturated heterocycles. The maximum absolute atomic E-state index is 14.5. The van der Waals surface area contributed by atoms with E-state index in [2.05, 4.69) is 22.1 Å². The number of nitrogens with zero attached hydrogens (tertiary/aromatic N) is 4. The number of carbonyl (C=O) groups is 3. The van der Waals surface area contributed by atoms with Gasteiger partial charge in [-0.05, 0) is 55.3 Å². The Morgan fingerprint density at radius 3 is 2.42 bits per heavy atom. The minimum atomic E-state index is -4.65. The molecule has 0 radical (unpaired) electrons. The summed E-state index contributed by atoms with van der Waals surface area (Å²) in [5.74, 6) is -1.74. The zero-order valence-corrected chi connectivity index (χ0v) is 28.9. The number of aryl methyl sites for hydroxylation is 1. The minimum Gasteiger partial charge on any atom is -0.380 e. The number of nitrogens with one attached hydrogen (secondary N) is 2. The van der Waals surface area contributed by atoms with Crippen molar-refractivity contribution in [3.63, 3.8) is 0 Å². The van der Waals surface area contributed by atoms with E-state index in [0.29, 0.717) is 34.8 Å². The van der Waals surface area contributed by atoms with Crippen molar-refractivity contribution < 1.29 is 32.3 Å². The summed E-state index contributed by atoms with van der Waals surface area (Å²) in [6, 6.07) is 19.6. The quantitative estimate of drug-likeness (QED) is 0.224. The molecule has 0 unspecified atom stereocenters. The molecule has 2 N–H and O–H groups in total. The molecule has 0 bridgehead atoms. The summed E-state index contributed by atoms with van der Waals surface area (Å²) < 4.78 is 47.7. The molecule has 10 nitrogen and oxygen atoms in total. The maximum Gasteiger partial charge on any atom is 0.416 e. The van der Waals surface area contributed by atoms with Gasteiger partial charge in [-0.15, -0.1) is 0 Å². The van der Waals surface area contributed by atoms with Gasteiger partial charge < -0.3 is 15.4 Å². The molecule has 2 atom stereocenters. The van der Waals surface area contributed by atoms with E-state index in [1.165, 1.54) is 6.07 Å². The number of para-hydroxylation sites is 1. The van der Waals surface area contributed by atoms with Crippen molar-refractivity contribution in [1.29, 1.82) is 0 Å². The van der Waals surface area contributed by atoms with Gasteiger partial charge >= 0.3 is 6.18 Å². The zero-order chi connectivity index (χ0) is 36.8. The van der Waals surface area contributed by atoms with Crippen LogP contribution < -0.4 is 15.5 Å². The van der Waals surface area contributed by atoms with Crippen LogP contribution in [0.15, 0.2) is 91.0 Å². The molecule has 13 heteroatoms. The molecule has 4 aromatic rings. The number of likely N-dealkylation sites (N-methyl/N-ethyl adjacent to an activating group) is 1. The van der Waals surface area contributed by atoms with Crippen LogP contribution in [0.1, 0.15) is 51.1 Å². The summed E-state index contributed by atoms with van der Waals surface area (Å²) >= 11 is 0. The molecule has 0 saturated carbocycles. The van der Waals surface area contributed by atoms with Crippen LogP contribution in [0.3, 0.4) is 0 Å². The number of rotatable bonds is 10. The molecule has 4 heterocycles. The molecule has 52 heavy (non-hydrogen) atoms. The summed E-state index contributed by atoms with van der Waals surface area (Å²) in [7, 11) is 0. The number of benzene rings is 3. The summed E-state index contributed by atoms with van der Waals surface area (Å²) in [5, 5.41) is 10.6. The van der Waals surface area contributed by atoms with Crippen molar-refractivity contribution in [3.8, 4) is 5.69 Å². The van der Waals surface area contributed by atoms with Crippen molar-refractivity contribution in [2.24, 2.45) is 5.41 Å². The fourth-order valence-electron chi connectivity index (χ4n) is 7.49. The zero-order valence-electron chi connectivity index (χ0n) is 28.9. The number of amides is 3. The predicted molar refractivity (Wildman–Crippen MR) is 188 cm³/mol.